The van der Waals surface area contributed by atoms with Crippen LogP contribution in [0.15, 0.2) is 30.3 Å². The summed E-state index contributed by atoms with van der Waals surface area (Å²) in [4.78, 5) is 55.5. The maximum absolute atomic E-state index is 12.0. The fourth-order valence-electron chi connectivity index (χ4n) is 2.49. The number of hydrogen-bond acceptors (Lipinski definition) is 6. The molecule has 0 radical (unpaired) electrons. The lowest BCUT2D eigenvalue weighted by Gasteiger charge is -2.33. The fourth-order valence-corrected chi connectivity index (χ4v) is 2.74. The average molecular weight is 395 g/mol. The number of carboxylic acids is 1. The number of barbiturate groups is 1. The molecule has 1 unspecified atom stereocenters. The lowest BCUT2D eigenvalue weighted by Crippen LogP contribution is -2.64. The number of rotatable bonds is 5. The first-order valence-electron chi connectivity index (χ1n) is 8.02. The molecule has 1 atom stereocenters. The standard InChI is InChI=1S/C12H12N2O3.C5H9NO3S/c1-2-12(8-6-4-3-5-7-8)9(15)13-11(17)14-10(12)16;1-3(7)6-4(2-10)5(8)9/h3-7H,2H2,1H3,(H2,13,14,15,16,17);4,10H,2H2,1H3,(H,6,7)(H,8,9). The Kier molecular flexibility index (Phi) is 7.98. The van der Waals surface area contributed by atoms with Gasteiger partial charge in [-0.1, -0.05) is 37.3 Å². The van der Waals surface area contributed by atoms with Gasteiger partial charge >= 0.3 is 12.0 Å². The lowest BCUT2D eigenvalue weighted by atomic mass is 9.75. The summed E-state index contributed by atoms with van der Waals surface area (Å²) < 4.78 is 0. The van der Waals surface area contributed by atoms with E-state index in [4.69, 9.17) is 5.11 Å². The molecule has 10 heteroatoms. The van der Waals surface area contributed by atoms with Crippen LogP contribution in [0.2, 0.25) is 0 Å². The van der Waals surface area contributed by atoms with Crippen LogP contribution in [0, 0.1) is 0 Å². The molecule has 5 amide bonds. The van der Waals surface area contributed by atoms with Gasteiger partial charge in [-0.05, 0) is 12.0 Å². The molecule has 1 aromatic carbocycles. The van der Waals surface area contributed by atoms with E-state index in [1.807, 2.05) is 0 Å². The van der Waals surface area contributed by atoms with Crippen molar-refractivity contribution in [2.24, 2.45) is 0 Å². The van der Waals surface area contributed by atoms with Crippen molar-refractivity contribution in [2.75, 3.05) is 5.75 Å². The molecular weight excluding hydrogens is 374 g/mol. The van der Waals surface area contributed by atoms with E-state index in [0.29, 0.717) is 12.0 Å². The van der Waals surface area contributed by atoms with Gasteiger partial charge in [-0.15, -0.1) is 0 Å². The number of imide groups is 2. The van der Waals surface area contributed by atoms with Gasteiger partial charge in [-0.25, -0.2) is 9.59 Å². The van der Waals surface area contributed by atoms with Crippen LogP contribution in [-0.4, -0.2) is 46.6 Å². The molecule has 9 nitrogen and oxygen atoms in total. The molecule has 0 saturated carbocycles. The number of carboxylic acid groups (broad SMARTS) is 1. The molecule has 1 aliphatic heterocycles. The van der Waals surface area contributed by atoms with Gasteiger partial charge in [0, 0.05) is 12.7 Å². The Hall–Kier alpha value is -2.88. The Bertz CT molecular complexity index is 717. The third-order valence-corrected chi connectivity index (χ3v) is 4.25. The molecule has 2 rings (SSSR count). The average Bonchev–Trinajstić information content (AvgIpc) is 2.61. The van der Waals surface area contributed by atoms with Crippen LogP contribution in [0.5, 0.6) is 0 Å². The molecule has 1 saturated heterocycles. The zero-order chi connectivity index (χ0) is 20.6. The van der Waals surface area contributed by atoms with Gasteiger partial charge in [-0.2, -0.15) is 12.6 Å². The quantitative estimate of drug-likeness (QED) is 0.356. The summed E-state index contributed by atoms with van der Waals surface area (Å²) in [6.07, 6.45) is 0.294. The summed E-state index contributed by atoms with van der Waals surface area (Å²) in [6.45, 7) is 3.00. The smallest absolute Gasteiger partial charge is 0.328 e. The SMILES string of the molecule is CC(=O)NC(CS)C(=O)O.CCC1(c2ccccc2)C(=O)NC(=O)NC1=O. The topological polar surface area (TPSA) is 142 Å². The highest BCUT2D eigenvalue weighted by atomic mass is 32.1. The van der Waals surface area contributed by atoms with Crippen molar-refractivity contribution in [1.82, 2.24) is 16.0 Å². The Morgan fingerprint density at radius 3 is 2.00 bits per heavy atom. The van der Waals surface area contributed by atoms with E-state index in [2.05, 4.69) is 28.6 Å². The molecule has 1 fully saturated rings. The van der Waals surface area contributed by atoms with Crippen LogP contribution < -0.4 is 16.0 Å². The number of aliphatic carboxylic acids is 1. The maximum Gasteiger partial charge on any atom is 0.328 e. The van der Waals surface area contributed by atoms with Gasteiger partial charge in [0.2, 0.25) is 17.7 Å². The Labute approximate surface area is 161 Å². The number of nitrogens with one attached hydrogen (secondary N) is 3. The second-order valence-corrected chi connectivity index (χ2v) is 6.00. The van der Waals surface area contributed by atoms with E-state index in [-0.39, 0.29) is 11.7 Å². The van der Waals surface area contributed by atoms with Crippen molar-refractivity contribution in [3.8, 4) is 0 Å². The minimum Gasteiger partial charge on any atom is -0.480 e. The first-order valence-corrected chi connectivity index (χ1v) is 8.65. The minimum absolute atomic E-state index is 0.106. The molecule has 1 heterocycles. The van der Waals surface area contributed by atoms with E-state index in [0.717, 1.165) is 0 Å². The number of amides is 5. The number of benzene rings is 1. The Balaban J connectivity index is 0.000000314. The van der Waals surface area contributed by atoms with Crippen LogP contribution in [0.4, 0.5) is 4.79 Å². The summed E-state index contributed by atoms with van der Waals surface area (Å²) in [5.41, 5.74) is -0.722. The van der Waals surface area contributed by atoms with Crippen molar-refractivity contribution >= 4 is 42.4 Å². The number of carbonyl (C=O) groups is 5. The molecule has 1 aliphatic rings. The van der Waals surface area contributed by atoms with Crippen LogP contribution in [0.3, 0.4) is 0 Å². The molecule has 1 aromatic rings. The van der Waals surface area contributed by atoms with E-state index < -0.39 is 35.3 Å². The minimum atomic E-state index is -1.31. The highest BCUT2D eigenvalue weighted by Crippen LogP contribution is 2.30. The third kappa shape index (κ3) is 5.30. The lowest BCUT2D eigenvalue weighted by molar-refractivity contribution is -0.141. The molecule has 0 aromatic heterocycles. The zero-order valence-electron chi connectivity index (χ0n) is 14.8. The second-order valence-electron chi connectivity index (χ2n) is 5.64. The van der Waals surface area contributed by atoms with Gasteiger partial charge < -0.3 is 10.4 Å². The van der Waals surface area contributed by atoms with Crippen molar-refractivity contribution in [1.29, 1.82) is 0 Å². The van der Waals surface area contributed by atoms with E-state index in [9.17, 15) is 24.0 Å². The van der Waals surface area contributed by atoms with Gasteiger partial charge in [-0.3, -0.25) is 25.0 Å². The van der Waals surface area contributed by atoms with Crippen LogP contribution in [-0.2, 0) is 24.6 Å². The molecule has 0 aliphatic carbocycles. The molecular formula is C17H21N3O6S. The molecule has 0 spiro atoms. The van der Waals surface area contributed by atoms with E-state index in [1.54, 1.807) is 37.3 Å². The van der Waals surface area contributed by atoms with Gasteiger partial charge in [0.25, 0.3) is 0 Å². The summed E-state index contributed by atoms with van der Waals surface area (Å²) in [7, 11) is 0. The van der Waals surface area contributed by atoms with Crippen molar-refractivity contribution in [2.45, 2.75) is 31.7 Å². The highest BCUT2D eigenvalue weighted by Gasteiger charge is 2.50. The van der Waals surface area contributed by atoms with Crippen molar-refractivity contribution < 1.29 is 29.1 Å². The number of hydrogen-bond donors (Lipinski definition) is 5. The predicted octanol–water partition coefficient (Wildman–Crippen LogP) is 0.206. The van der Waals surface area contributed by atoms with Crippen LogP contribution >= 0.6 is 12.6 Å². The summed E-state index contributed by atoms with van der Waals surface area (Å²) in [5.74, 6) is -2.46. The fraction of sp³-hybridized carbons (Fsp3) is 0.353. The number of thiol groups is 1. The second kappa shape index (κ2) is 9.72. The zero-order valence-corrected chi connectivity index (χ0v) is 15.7. The maximum atomic E-state index is 12.0. The number of urea groups is 1. The summed E-state index contributed by atoms with van der Waals surface area (Å²) in [6, 6.07) is 7.09. The first kappa shape index (κ1) is 22.2. The monoisotopic (exact) mass is 395 g/mol. The van der Waals surface area contributed by atoms with E-state index >= 15 is 0 Å². The van der Waals surface area contributed by atoms with Crippen molar-refractivity contribution in [3.05, 3.63) is 35.9 Å². The largest absolute Gasteiger partial charge is 0.480 e. The predicted molar refractivity (Wildman–Crippen MR) is 99.2 cm³/mol. The molecule has 27 heavy (non-hydrogen) atoms. The van der Waals surface area contributed by atoms with Gasteiger partial charge in [0.1, 0.15) is 6.04 Å². The summed E-state index contributed by atoms with van der Waals surface area (Å²) in [5, 5.41) is 14.9. The van der Waals surface area contributed by atoms with Gasteiger partial charge in [0.05, 0.1) is 0 Å². The van der Waals surface area contributed by atoms with Crippen LogP contribution in [0.25, 0.3) is 0 Å². The normalized spacial score (nSPS) is 16.2. The van der Waals surface area contributed by atoms with Gasteiger partial charge in [0.15, 0.2) is 5.41 Å². The van der Waals surface area contributed by atoms with Crippen LogP contribution in [0.1, 0.15) is 25.8 Å². The summed E-state index contributed by atoms with van der Waals surface area (Å²) >= 11 is 3.73. The molecule has 4 N–H and O–H groups in total. The van der Waals surface area contributed by atoms with Crippen molar-refractivity contribution in [3.63, 3.8) is 0 Å². The number of carbonyl (C=O) groups excluding carboxylic acids is 4. The molecule has 146 valence electrons. The van der Waals surface area contributed by atoms with E-state index in [1.165, 1.54) is 6.92 Å². The highest BCUT2D eigenvalue weighted by molar-refractivity contribution is 7.80. The first-order chi connectivity index (χ1) is 12.7. The third-order valence-electron chi connectivity index (χ3n) is 3.88. The Morgan fingerprint density at radius 1 is 1.15 bits per heavy atom. The molecule has 0 bridgehead atoms. The Morgan fingerprint density at radius 2 is 1.67 bits per heavy atom.